The van der Waals surface area contributed by atoms with Gasteiger partial charge in [-0.15, -0.1) is 0 Å². The number of nitro groups is 1. The first kappa shape index (κ1) is 20.0. The summed E-state index contributed by atoms with van der Waals surface area (Å²) in [5.74, 6) is 0. The van der Waals surface area contributed by atoms with Crippen LogP contribution in [0, 0.1) is 17.0 Å². The van der Waals surface area contributed by atoms with Gasteiger partial charge >= 0.3 is 0 Å². The van der Waals surface area contributed by atoms with Crippen LogP contribution in [-0.2, 0) is 0 Å². The number of nitrogens with zero attached hydrogens (tertiary/aromatic N) is 1. The Hall–Kier alpha value is -2.70. The summed E-state index contributed by atoms with van der Waals surface area (Å²) in [5.41, 5.74) is 3.63. The number of hydrogen-bond acceptors (Lipinski definition) is 4. The SMILES string of the molecule is Cc1ccc(C(O)CC(Nc2cccc([N+](=O)[O-])c2)c2ccc(Br)cc2)cc1. The molecular formula is C22H21BrN2O3. The highest BCUT2D eigenvalue weighted by atomic mass is 79.9. The van der Waals surface area contributed by atoms with E-state index in [2.05, 4.69) is 21.2 Å². The van der Waals surface area contributed by atoms with Crippen molar-refractivity contribution in [1.29, 1.82) is 0 Å². The Morgan fingerprint density at radius 3 is 2.32 bits per heavy atom. The Morgan fingerprint density at radius 2 is 1.68 bits per heavy atom. The summed E-state index contributed by atoms with van der Waals surface area (Å²) in [6, 6.07) is 21.8. The third-order valence-corrected chi connectivity index (χ3v) is 5.12. The van der Waals surface area contributed by atoms with Crippen molar-refractivity contribution in [2.45, 2.75) is 25.5 Å². The lowest BCUT2D eigenvalue weighted by molar-refractivity contribution is -0.384. The topological polar surface area (TPSA) is 75.4 Å². The molecule has 2 N–H and O–H groups in total. The van der Waals surface area contributed by atoms with E-state index in [0.29, 0.717) is 12.1 Å². The second-order valence-corrected chi connectivity index (χ2v) is 7.63. The molecule has 0 saturated carbocycles. The zero-order valence-electron chi connectivity index (χ0n) is 15.4. The predicted octanol–water partition coefficient (Wildman–Crippen LogP) is 5.94. The third kappa shape index (κ3) is 5.18. The molecule has 144 valence electrons. The molecule has 0 heterocycles. The number of aryl methyl sites for hydroxylation is 1. The lowest BCUT2D eigenvalue weighted by Crippen LogP contribution is -2.15. The minimum atomic E-state index is -0.666. The van der Waals surface area contributed by atoms with Gasteiger partial charge in [0.2, 0.25) is 0 Å². The van der Waals surface area contributed by atoms with Crippen LogP contribution in [0.25, 0.3) is 0 Å². The van der Waals surface area contributed by atoms with E-state index in [1.165, 1.54) is 12.1 Å². The van der Waals surface area contributed by atoms with Crippen LogP contribution < -0.4 is 5.32 Å². The number of nitrogens with one attached hydrogen (secondary N) is 1. The number of benzene rings is 3. The van der Waals surface area contributed by atoms with Gasteiger partial charge in [0.05, 0.1) is 17.1 Å². The Balaban J connectivity index is 1.86. The normalized spacial score (nSPS) is 13.0. The average molecular weight is 441 g/mol. The van der Waals surface area contributed by atoms with Crippen molar-refractivity contribution in [3.8, 4) is 0 Å². The van der Waals surface area contributed by atoms with Gasteiger partial charge in [-0.25, -0.2) is 0 Å². The number of nitro benzene ring substituents is 1. The highest BCUT2D eigenvalue weighted by Gasteiger charge is 2.19. The molecule has 0 bridgehead atoms. The molecular weight excluding hydrogens is 420 g/mol. The zero-order chi connectivity index (χ0) is 20.1. The molecule has 0 saturated heterocycles. The van der Waals surface area contributed by atoms with Crippen molar-refractivity contribution in [2.24, 2.45) is 0 Å². The van der Waals surface area contributed by atoms with Crippen molar-refractivity contribution < 1.29 is 10.0 Å². The second-order valence-electron chi connectivity index (χ2n) is 6.72. The molecule has 2 atom stereocenters. The van der Waals surface area contributed by atoms with Crippen molar-refractivity contribution >= 4 is 27.3 Å². The van der Waals surface area contributed by atoms with Crippen LogP contribution in [0.1, 0.15) is 35.3 Å². The van der Waals surface area contributed by atoms with Crippen LogP contribution in [0.15, 0.2) is 77.3 Å². The van der Waals surface area contributed by atoms with E-state index in [1.807, 2.05) is 55.5 Å². The molecule has 0 aliphatic heterocycles. The number of hydrogen-bond donors (Lipinski definition) is 2. The molecule has 6 heteroatoms. The van der Waals surface area contributed by atoms with Crippen molar-refractivity contribution in [1.82, 2.24) is 0 Å². The third-order valence-electron chi connectivity index (χ3n) is 4.59. The standard InChI is InChI=1S/C22H21BrN2O3/c1-15-5-7-17(8-6-15)22(26)14-21(16-9-11-18(23)12-10-16)24-19-3-2-4-20(13-19)25(27)28/h2-13,21-22,24,26H,14H2,1H3. The Labute approximate surface area is 172 Å². The smallest absolute Gasteiger partial charge is 0.271 e. The molecule has 0 fully saturated rings. The van der Waals surface area contributed by atoms with Crippen LogP contribution in [0.3, 0.4) is 0 Å². The lowest BCUT2D eigenvalue weighted by atomic mass is 9.96. The predicted molar refractivity (Wildman–Crippen MR) is 114 cm³/mol. The van der Waals surface area contributed by atoms with Gasteiger partial charge in [0.1, 0.15) is 0 Å². The fraction of sp³-hybridized carbons (Fsp3) is 0.182. The number of anilines is 1. The lowest BCUT2D eigenvalue weighted by Gasteiger charge is -2.24. The molecule has 3 aromatic carbocycles. The summed E-state index contributed by atoms with van der Waals surface area (Å²) in [4.78, 5) is 10.7. The summed E-state index contributed by atoms with van der Waals surface area (Å²) in [6.45, 7) is 2.00. The van der Waals surface area contributed by atoms with Gasteiger partial charge in [-0.3, -0.25) is 10.1 Å². The Bertz CT molecular complexity index is 943. The molecule has 3 aromatic rings. The minimum Gasteiger partial charge on any atom is -0.388 e. The van der Waals surface area contributed by atoms with Crippen molar-refractivity contribution in [3.05, 3.63) is 104 Å². The monoisotopic (exact) mass is 440 g/mol. The number of aliphatic hydroxyl groups is 1. The molecule has 2 unspecified atom stereocenters. The first-order valence-corrected chi connectivity index (χ1v) is 9.73. The molecule has 5 nitrogen and oxygen atoms in total. The van der Waals surface area contributed by atoms with Crippen LogP contribution in [0.4, 0.5) is 11.4 Å². The van der Waals surface area contributed by atoms with Gasteiger partial charge in [-0.1, -0.05) is 64.0 Å². The Kier molecular flexibility index (Phi) is 6.44. The van der Waals surface area contributed by atoms with E-state index < -0.39 is 11.0 Å². The van der Waals surface area contributed by atoms with E-state index in [0.717, 1.165) is 21.2 Å². The van der Waals surface area contributed by atoms with Gasteiger partial charge in [-0.2, -0.15) is 0 Å². The molecule has 0 aliphatic rings. The maximum absolute atomic E-state index is 11.1. The van der Waals surface area contributed by atoms with E-state index in [-0.39, 0.29) is 11.7 Å². The second kappa shape index (κ2) is 8.99. The molecule has 3 rings (SSSR count). The van der Waals surface area contributed by atoms with E-state index >= 15 is 0 Å². The number of non-ortho nitro benzene ring substituents is 1. The molecule has 0 spiro atoms. The van der Waals surface area contributed by atoms with Gasteiger partial charge < -0.3 is 10.4 Å². The summed E-state index contributed by atoms with van der Waals surface area (Å²) < 4.78 is 0.962. The van der Waals surface area contributed by atoms with Gasteiger partial charge in [0.15, 0.2) is 0 Å². The van der Waals surface area contributed by atoms with Crippen LogP contribution in [-0.4, -0.2) is 10.0 Å². The zero-order valence-corrected chi connectivity index (χ0v) is 17.0. The average Bonchev–Trinajstić information content (AvgIpc) is 2.68. The number of halogens is 1. The summed E-state index contributed by atoms with van der Waals surface area (Å²) in [6.07, 6.45) is -0.242. The van der Waals surface area contributed by atoms with Gasteiger partial charge in [0.25, 0.3) is 5.69 Å². The summed E-state index contributed by atoms with van der Waals surface area (Å²) in [5, 5.41) is 25.2. The van der Waals surface area contributed by atoms with Crippen LogP contribution in [0.5, 0.6) is 0 Å². The first-order valence-electron chi connectivity index (χ1n) is 8.93. The molecule has 0 amide bonds. The van der Waals surface area contributed by atoms with E-state index in [4.69, 9.17) is 0 Å². The quantitative estimate of drug-likeness (QED) is 0.351. The Morgan fingerprint density at radius 1 is 1.04 bits per heavy atom. The number of aliphatic hydroxyl groups excluding tert-OH is 1. The van der Waals surface area contributed by atoms with Crippen molar-refractivity contribution in [2.75, 3.05) is 5.32 Å². The van der Waals surface area contributed by atoms with Gasteiger partial charge in [0, 0.05) is 28.7 Å². The number of rotatable bonds is 7. The molecule has 0 aliphatic carbocycles. The van der Waals surface area contributed by atoms with Gasteiger partial charge in [-0.05, 0) is 36.2 Å². The van der Waals surface area contributed by atoms with E-state index in [9.17, 15) is 15.2 Å². The first-order chi connectivity index (χ1) is 13.4. The van der Waals surface area contributed by atoms with Crippen LogP contribution >= 0.6 is 15.9 Å². The van der Waals surface area contributed by atoms with E-state index in [1.54, 1.807) is 12.1 Å². The minimum absolute atomic E-state index is 0.0265. The summed E-state index contributed by atoms with van der Waals surface area (Å²) in [7, 11) is 0. The van der Waals surface area contributed by atoms with Crippen LogP contribution in [0.2, 0.25) is 0 Å². The molecule has 0 radical (unpaired) electrons. The molecule has 0 aromatic heterocycles. The van der Waals surface area contributed by atoms with Crippen molar-refractivity contribution in [3.63, 3.8) is 0 Å². The fourth-order valence-corrected chi connectivity index (χ4v) is 3.30. The maximum atomic E-state index is 11.1. The maximum Gasteiger partial charge on any atom is 0.271 e. The highest BCUT2D eigenvalue weighted by Crippen LogP contribution is 2.31. The largest absolute Gasteiger partial charge is 0.388 e. The highest BCUT2D eigenvalue weighted by molar-refractivity contribution is 9.10. The fourth-order valence-electron chi connectivity index (χ4n) is 3.03. The molecule has 28 heavy (non-hydrogen) atoms. The summed E-state index contributed by atoms with van der Waals surface area (Å²) >= 11 is 3.44.